The highest BCUT2D eigenvalue weighted by molar-refractivity contribution is 5.78. The van der Waals surface area contributed by atoms with Crippen LogP contribution in [-0.4, -0.2) is 7.05 Å². The summed E-state index contributed by atoms with van der Waals surface area (Å²) in [6, 6.07) is 37.3. The van der Waals surface area contributed by atoms with Crippen LogP contribution in [0, 0.1) is 0 Å². The highest BCUT2D eigenvalue weighted by Gasteiger charge is 2.12. The van der Waals surface area contributed by atoms with Gasteiger partial charge in [0.15, 0.2) is 0 Å². The Morgan fingerprint density at radius 1 is 0.464 bits per heavy atom. The first-order valence-corrected chi connectivity index (χ1v) is 9.32. The number of anilines is 6. The Morgan fingerprint density at radius 3 is 1.36 bits per heavy atom. The van der Waals surface area contributed by atoms with Gasteiger partial charge in [-0.2, -0.15) is 0 Å². The molecular formula is C25H23N3. The summed E-state index contributed by atoms with van der Waals surface area (Å²) in [5.41, 5.74) is 12.2. The van der Waals surface area contributed by atoms with Crippen molar-refractivity contribution >= 4 is 34.1 Å². The van der Waals surface area contributed by atoms with Crippen molar-refractivity contribution in [1.29, 1.82) is 0 Å². The number of hydrogen-bond acceptors (Lipinski definition) is 3. The maximum atomic E-state index is 5.89. The van der Waals surface area contributed by atoms with Gasteiger partial charge in [-0.25, -0.2) is 0 Å². The molecule has 3 heteroatoms. The quantitative estimate of drug-likeness (QED) is 0.409. The van der Waals surface area contributed by atoms with E-state index >= 15 is 0 Å². The molecule has 3 nitrogen and oxygen atoms in total. The molecule has 0 fully saturated rings. The van der Waals surface area contributed by atoms with Crippen molar-refractivity contribution in [2.75, 3.05) is 22.6 Å². The maximum absolute atomic E-state index is 5.89. The summed E-state index contributed by atoms with van der Waals surface area (Å²) in [6.45, 7) is 0. The van der Waals surface area contributed by atoms with Crippen molar-refractivity contribution in [2.24, 2.45) is 0 Å². The standard InChI is InChI=1S/C25H23N3/c1-27(21-8-4-2-5-9-21)22-16-18-25(19-17-22)28(23-10-6-3-7-11-23)24-14-12-20(26)13-15-24/h2-19H,26H2,1H3. The number of nitrogens with zero attached hydrogens (tertiary/aromatic N) is 2. The van der Waals surface area contributed by atoms with Crippen LogP contribution in [0.5, 0.6) is 0 Å². The van der Waals surface area contributed by atoms with E-state index in [1.807, 2.05) is 36.4 Å². The van der Waals surface area contributed by atoms with Crippen LogP contribution in [0.3, 0.4) is 0 Å². The topological polar surface area (TPSA) is 32.5 Å². The number of nitrogens with two attached hydrogens (primary N) is 1. The van der Waals surface area contributed by atoms with Gasteiger partial charge in [-0.1, -0.05) is 36.4 Å². The molecule has 4 rings (SSSR count). The zero-order valence-electron chi connectivity index (χ0n) is 15.9. The number of benzene rings is 4. The van der Waals surface area contributed by atoms with E-state index in [0.717, 1.165) is 34.1 Å². The third-order valence-corrected chi connectivity index (χ3v) is 4.80. The van der Waals surface area contributed by atoms with Crippen LogP contribution < -0.4 is 15.5 Å². The maximum Gasteiger partial charge on any atom is 0.0463 e. The van der Waals surface area contributed by atoms with E-state index < -0.39 is 0 Å². The van der Waals surface area contributed by atoms with Crippen LogP contribution in [0.2, 0.25) is 0 Å². The lowest BCUT2D eigenvalue weighted by atomic mass is 10.1. The fourth-order valence-electron chi connectivity index (χ4n) is 3.27. The molecule has 0 saturated carbocycles. The van der Waals surface area contributed by atoms with Crippen molar-refractivity contribution in [3.05, 3.63) is 109 Å². The number of rotatable bonds is 5. The monoisotopic (exact) mass is 365 g/mol. The Hall–Kier alpha value is -3.72. The van der Waals surface area contributed by atoms with Crippen LogP contribution in [-0.2, 0) is 0 Å². The van der Waals surface area contributed by atoms with Gasteiger partial charge in [-0.15, -0.1) is 0 Å². The lowest BCUT2D eigenvalue weighted by Crippen LogP contribution is -2.11. The number of hydrogen-bond donors (Lipinski definition) is 1. The average molecular weight is 365 g/mol. The molecule has 0 aliphatic rings. The minimum absolute atomic E-state index is 0.761. The second-order valence-corrected chi connectivity index (χ2v) is 6.67. The van der Waals surface area contributed by atoms with Crippen molar-refractivity contribution in [3.8, 4) is 0 Å². The summed E-state index contributed by atoms with van der Waals surface area (Å²) in [7, 11) is 2.08. The summed E-state index contributed by atoms with van der Waals surface area (Å²) in [6.07, 6.45) is 0. The Bertz CT molecular complexity index is 1010. The molecule has 0 aliphatic carbocycles. The van der Waals surface area contributed by atoms with E-state index in [1.165, 1.54) is 0 Å². The molecule has 138 valence electrons. The van der Waals surface area contributed by atoms with Gasteiger partial charge in [0.05, 0.1) is 0 Å². The van der Waals surface area contributed by atoms with Crippen molar-refractivity contribution < 1.29 is 0 Å². The molecule has 0 bridgehead atoms. The van der Waals surface area contributed by atoms with Crippen LogP contribution in [0.25, 0.3) is 0 Å². The molecule has 2 N–H and O–H groups in total. The number of nitrogen functional groups attached to an aromatic ring is 1. The van der Waals surface area contributed by atoms with Gasteiger partial charge in [-0.3, -0.25) is 0 Å². The minimum atomic E-state index is 0.761. The molecule has 0 unspecified atom stereocenters. The third kappa shape index (κ3) is 3.69. The van der Waals surface area contributed by atoms with Gasteiger partial charge in [0, 0.05) is 41.2 Å². The van der Waals surface area contributed by atoms with Crippen molar-refractivity contribution in [3.63, 3.8) is 0 Å². The Labute approximate surface area is 166 Å². The van der Waals surface area contributed by atoms with Gasteiger partial charge >= 0.3 is 0 Å². The molecule has 0 aromatic heterocycles. The van der Waals surface area contributed by atoms with E-state index in [-0.39, 0.29) is 0 Å². The molecule has 0 atom stereocenters. The first kappa shape index (κ1) is 17.7. The van der Waals surface area contributed by atoms with Crippen LogP contribution in [0.4, 0.5) is 34.1 Å². The summed E-state index contributed by atoms with van der Waals surface area (Å²) in [5, 5.41) is 0. The third-order valence-electron chi connectivity index (χ3n) is 4.80. The molecule has 0 radical (unpaired) electrons. The molecule has 28 heavy (non-hydrogen) atoms. The van der Waals surface area contributed by atoms with E-state index in [2.05, 4.69) is 89.6 Å². The normalized spacial score (nSPS) is 10.5. The second-order valence-electron chi connectivity index (χ2n) is 6.67. The molecular weight excluding hydrogens is 342 g/mol. The molecule has 0 saturated heterocycles. The summed E-state index contributed by atoms with van der Waals surface area (Å²) >= 11 is 0. The van der Waals surface area contributed by atoms with Gasteiger partial charge in [-0.05, 0) is 72.8 Å². The van der Waals surface area contributed by atoms with Crippen LogP contribution in [0.15, 0.2) is 109 Å². The first-order valence-electron chi connectivity index (χ1n) is 9.32. The smallest absolute Gasteiger partial charge is 0.0463 e. The Balaban J connectivity index is 1.70. The number of para-hydroxylation sites is 2. The average Bonchev–Trinajstić information content (AvgIpc) is 2.77. The lowest BCUT2D eigenvalue weighted by Gasteiger charge is -2.26. The van der Waals surface area contributed by atoms with Crippen molar-refractivity contribution in [2.45, 2.75) is 0 Å². The predicted molar refractivity (Wildman–Crippen MR) is 120 cm³/mol. The minimum Gasteiger partial charge on any atom is -0.399 e. The Morgan fingerprint density at radius 2 is 0.821 bits per heavy atom. The van der Waals surface area contributed by atoms with E-state index in [9.17, 15) is 0 Å². The summed E-state index contributed by atoms with van der Waals surface area (Å²) in [4.78, 5) is 4.41. The highest BCUT2D eigenvalue weighted by atomic mass is 15.1. The van der Waals surface area contributed by atoms with E-state index in [4.69, 9.17) is 5.73 Å². The predicted octanol–water partition coefficient (Wildman–Crippen LogP) is 6.51. The Kier molecular flexibility index (Phi) is 4.98. The lowest BCUT2D eigenvalue weighted by molar-refractivity contribution is 1.20. The summed E-state index contributed by atoms with van der Waals surface area (Å²) < 4.78 is 0. The zero-order chi connectivity index (χ0) is 19.3. The molecule has 4 aromatic rings. The molecule has 0 aliphatic heterocycles. The SMILES string of the molecule is CN(c1ccccc1)c1ccc(N(c2ccccc2)c2ccc(N)cc2)cc1. The van der Waals surface area contributed by atoms with Crippen molar-refractivity contribution in [1.82, 2.24) is 0 Å². The van der Waals surface area contributed by atoms with Gasteiger partial charge in [0.2, 0.25) is 0 Å². The highest BCUT2D eigenvalue weighted by Crippen LogP contribution is 2.36. The van der Waals surface area contributed by atoms with E-state index in [1.54, 1.807) is 0 Å². The van der Waals surface area contributed by atoms with Gasteiger partial charge in [0.1, 0.15) is 0 Å². The largest absolute Gasteiger partial charge is 0.399 e. The van der Waals surface area contributed by atoms with Crippen LogP contribution in [0.1, 0.15) is 0 Å². The first-order chi connectivity index (χ1) is 13.7. The molecule has 0 amide bonds. The fraction of sp³-hybridized carbons (Fsp3) is 0.0400. The summed E-state index contributed by atoms with van der Waals surface area (Å²) in [5.74, 6) is 0. The molecule has 4 aromatic carbocycles. The van der Waals surface area contributed by atoms with E-state index in [0.29, 0.717) is 0 Å². The fourth-order valence-corrected chi connectivity index (χ4v) is 3.27. The molecule has 0 heterocycles. The molecule has 0 spiro atoms. The second kappa shape index (κ2) is 7.89. The van der Waals surface area contributed by atoms with Crippen LogP contribution >= 0.6 is 0 Å². The van der Waals surface area contributed by atoms with Gasteiger partial charge in [0.25, 0.3) is 0 Å². The van der Waals surface area contributed by atoms with Gasteiger partial charge < -0.3 is 15.5 Å². The zero-order valence-corrected chi connectivity index (χ0v) is 15.9.